The van der Waals surface area contributed by atoms with Crippen molar-refractivity contribution < 1.29 is 36.9 Å². The third-order valence-electron chi connectivity index (χ3n) is 6.14. The Balaban J connectivity index is 0.000000184. The first kappa shape index (κ1) is 31.2. The average molecular weight is 655 g/mol. The van der Waals surface area contributed by atoms with E-state index in [0.717, 1.165) is 43.2 Å². The Bertz CT molecular complexity index is 1430. The van der Waals surface area contributed by atoms with Gasteiger partial charge in [0.2, 0.25) is 0 Å². The summed E-state index contributed by atoms with van der Waals surface area (Å²) in [4.78, 5) is 24.8. The summed E-state index contributed by atoms with van der Waals surface area (Å²) in [6, 6.07) is 39.1. The largest absolute Gasteiger partial charge is 2.00 e. The molecular weight excluding hydrogens is 632 g/mol. The molecule has 2 atom stereocenters. The summed E-state index contributed by atoms with van der Waals surface area (Å²) < 4.78 is 0. The van der Waals surface area contributed by atoms with Crippen LogP contribution in [0.2, 0.25) is 0 Å². The van der Waals surface area contributed by atoms with Gasteiger partial charge in [-0.15, -0.1) is 0 Å². The van der Waals surface area contributed by atoms with Gasteiger partial charge in [0.25, 0.3) is 0 Å². The number of hydrogen-bond acceptors (Lipinski definition) is 8. The molecular formula is C32H22FeO4S4. The monoisotopic (exact) mass is 654 g/mol. The number of benzene rings is 4. The zero-order valence-corrected chi connectivity index (χ0v) is 25.7. The smallest absolute Gasteiger partial charge is 0.549 e. The minimum atomic E-state index is -1.03. The Kier molecular flexibility index (Phi) is 11.3. The molecule has 2 aliphatic rings. The van der Waals surface area contributed by atoms with E-state index in [1.54, 1.807) is 0 Å². The fourth-order valence-corrected chi connectivity index (χ4v) is 10.1. The summed E-state index contributed by atoms with van der Waals surface area (Å²) in [6.45, 7) is 0. The van der Waals surface area contributed by atoms with Gasteiger partial charge in [0.1, 0.15) is 0 Å². The molecule has 0 radical (unpaired) electrons. The van der Waals surface area contributed by atoms with E-state index in [9.17, 15) is 19.8 Å². The number of carbonyl (C=O) groups excluding carboxylic acids is 2. The first-order valence-electron chi connectivity index (χ1n) is 12.3. The number of carbonyl (C=O) groups is 2. The van der Waals surface area contributed by atoms with Crippen molar-refractivity contribution in [3.8, 4) is 0 Å². The van der Waals surface area contributed by atoms with Crippen molar-refractivity contribution >= 4 is 76.1 Å². The summed E-state index contributed by atoms with van der Waals surface area (Å²) in [5.41, 5.74) is 5.66. The molecule has 0 saturated heterocycles. The molecule has 4 aromatic carbocycles. The van der Waals surface area contributed by atoms with Crippen LogP contribution in [-0.4, -0.2) is 22.4 Å². The van der Waals surface area contributed by atoms with E-state index in [0.29, 0.717) is 0 Å². The van der Waals surface area contributed by atoms with Crippen LogP contribution in [0.25, 0.3) is 21.0 Å². The van der Waals surface area contributed by atoms with Crippen molar-refractivity contribution in [2.75, 3.05) is 0 Å². The van der Waals surface area contributed by atoms with E-state index in [-0.39, 0.29) is 17.1 Å². The molecule has 0 saturated carbocycles. The topological polar surface area (TPSA) is 80.3 Å². The van der Waals surface area contributed by atoms with Crippen LogP contribution in [-0.2, 0) is 26.7 Å². The molecule has 0 bridgehead atoms. The molecule has 0 N–H and O–H groups in total. The third kappa shape index (κ3) is 7.36. The Morgan fingerprint density at radius 3 is 1.00 bits per heavy atom. The second kappa shape index (κ2) is 14.9. The first-order valence-corrected chi connectivity index (χ1v) is 16.8. The summed E-state index contributed by atoms with van der Waals surface area (Å²) in [5.74, 6) is -2.07. The maximum absolute atomic E-state index is 11.4. The number of carboxylic acid groups (broad SMARTS) is 2. The van der Waals surface area contributed by atoms with Crippen LogP contribution >= 0.6 is 43.2 Å². The zero-order valence-electron chi connectivity index (χ0n) is 21.3. The van der Waals surface area contributed by atoms with Crippen LogP contribution in [0.1, 0.15) is 22.3 Å². The van der Waals surface area contributed by atoms with Crippen LogP contribution in [0.3, 0.4) is 0 Å². The predicted molar refractivity (Wildman–Crippen MR) is 167 cm³/mol. The van der Waals surface area contributed by atoms with Gasteiger partial charge in [-0.1, -0.05) is 165 Å². The fourth-order valence-electron chi connectivity index (χ4n) is 4.32. The van der Waals surface area contributed by atoms with Gasteiger partial charge >= 0.3 is 17.1 Å². The van der Waals surface area contributed by atoms with E-state index in [4.69, 9.17) is 0 Å². The molecule has 6 rings (SSSR count). The molecule has 2 unspecified atom stereocenters. The van der Waals surface area contributed by atoms with Gasteiger partial charge in [-0.2, -0.15) is 0 Å². The van der Waals surface area contributed by atoms with E-state index in [1.165, 1.54) is 43.2 Å². The molecule has 41 heavy (non-hydrogen) atoms. The fraction of sp³-hybridized carbons (Fsp3) is 0.0625. The normalized spacial score (nSPS) is 17.9. The van der Waals surface area contributed by atoms with Crippen LogP contribution in [0.5, 0.6) is 0 Å². The van der Waals surface area contributed by atoms with E-state index < -0.39 is 22.4 Å². The van der Waals surface area contributed by atoms with Crippen LogP contribution in [0.4, 0.5) is 0 Å². The SMILES string of the molecule is O=C([O-])C1SSC(c2ccccc2)=C1c1ccccc1.O=C([O-])C1SSC(c2ccccc2)=C1c1ccccc1.[Fe+2]. The Morgan fingerprint density at radius 1 is 0.463 bits per heavy atom. The minimum Gasteiger partial charge on any atom is -0.549 e. The molecule has 0 aliphatic carbocycles. The van der Waals surface area contributed by atoms with Crippen molar-refractivity contribution in [3.05, 3.63) is 144 Å². The summed E-state index contributed by atoms with van der Waals surface area (Å²) >= 11 is 0. The molecule has 4 nitrogen and oxygen atoms in total. The van der Waals surface area contributed by atoms with Crippen molar-refractivity contribution in [2.24, 2.45) is 0 Å². The Hall–Kier alpha value is -2.78. The summed E-state index contributed by atoms with van der Waals surface area (Å²) in [7, 11) is 5.69. The van der Waals surface area contributed by atoms with Crippen molar-refractivity contribution in [3.63, 3.8) is 0 Å². The number of aliphatic carboxylic acids is 2. The standard InChI is InChI=1S/2C16H12O2S2.Fe/c2*17-16(18)15-13(11-7-3-1-4-8-11)14(19-20-15)12-9-5-2-6-10-12;/h2*1-10,15H,(H,17,18);/q;;+2/p-2. The molecule has 0 aromatic heterocycles. The van der Waals surface area contributed by atoms with Crippen LogP contribution in [0, 0.1) is 0 Å². The third-order valence-corrected chi connectivity index (χ3v) is 11.5. The summed E-state index contributed by atoms with van der Waals surface area (Å²) in [6.07, 6.45) is 0. The van der Waals surface area contributed by atoms with Gasteiger partial charge in [0, 0.05) is 9.81 Å². The Labute approximate surface area is 265 Å². The van der Waals surface area contributed by atoms with Gasteiger partial charge in [-0.25, -0.2) is 0 Å². The van der Waals surface area contributed by atoms with Gasteiger partial charge < -0.3 is 19.8 Å². The molecule has 2 heterocycles. The van der Waals surface area contributed by atoms with Crippen molar-refractivity contribution in [1.82, 2.24) is 0 Å². The van der Waals surface area contributed by atoms with Crippen molar-refractivity contribution in [2.45, 2.75) is 10.5 Å². The van der Waals surface area contributed by atoms with Gasteiger partial charge in [0.15, 0.2) is 0 Å². The van der Waals surface area contributed by atoms with Crippen LogP contribution < -0.4 is 10.2 Å². The first-order chi connectivity index (χ1) is 19.5. The van der Waals surface area contributed by atoms with E-state index in [1.807, 2.05) is 121 Å². The average Bonchev–Trinajstić information content (AvgIpc) is 3.65. The van der Waals surface area contributed by atoms with Gasteiger partial charge in [-0.05, 0) is 33.4 Å². The second-order valence-electron chi connectivity index (χ2n) is 8.71. The summed E-state index contributed by atoms with van der Waals surface area (Å²) in [5, 5.41) is 21.5. The second-order valence-corrected chi connectivity index (χ2v) is 13.3. The maximum Gasteiger partial charge on any atom is 2.00 e. The molecule has 2 aliphatic heterocycles. The molecule has 0 amide bonds. The van der Waals surface area contributed by atoms with E-state index >= 15 is 0 Å². The molecule has 9 heteroatoms. The number of hydrogen-bond donors (Lipinski definition) is 0. The zero-order chi connectivity index (χ0) is 27.9. The maximum atomic E-state index is 11.4. The molecule has 0 spiro atoms. The molecule has 206 valence electrons. The predicted octanol–water partition coefficient (Wildman–Crippen LogP) is 6.13. The Morgan fingerprint density at radius 2 is 0.732 bits per heavy atom. The van der Waals surface area contributed by atoms with Crippen LogP contribution in [0.15, 0.2) is 121 Å². The molecule has 0 fully saturated rings. The quantitative estimate of drug-likeness (QED) is 0.182. The van der Waals surface area contributed by atoms with E-state index in [2.05, 4.69) is 0 Å². The number of rotatable bonds is 6. The van der Waals surface area contributed by atoms with Gasteiger partial charge in [-0.3, -0.25) is 0 Å². The van der Waals surface area contributed by atoms with Crippen molar-refractivity contribution in [1.29, 1.82) is 0 Å². The van der Waals surface area contributed by atoms with Gasteiger partial charge in [0.05, 0.1) is 22.4 Å². The minimum absolute atomic E-state index is 0. The number of carboxylic acids is 2. The molecule has 4 aromatic rings.